The van der Waals surface area contributed by atoms with Crippen LogP contribution >= 0.6 is 12.4 Å². The third-order valence-corrected chi connectivity index (χ3v) is 6.57. The first-order chi connectivity index (χ1) is 16.5. The Bertz CT molecular complexity index is 1340. The van der Waals surface area contributed by atoms with E-state index in [4.69, 9.17) is 5.73 Å². The van der Waals surface area contributed by atoms with E-state index in [9.17, 15) is 14.8 Å². The molecular formula is C23H27ClN8O3. The summed E-state index contributed by atoms with van der Waals surface area (Å²) in [6.45, 7) is 1.06. The first-order valence-corrected chi connectivity index (χ1v) is 11.1. The summed E-state index contributed by atoms with van der Waals surface area (Å²) in [5.41, 5.74) is 9.56. The van der Waals surface area contributed by atoms with Gasteiger partial charge >= 0.3 is 0 Å². The Morgan fingerprint density at radius 3 is 2.69 bits per heavy atom. The number of nitrogens with zero attached hydrogens (tertiary/aromatic N) is 3. The van der Waals surface area contributed by atoms with Crippen LogP contribution in [0.2, 0.25) is 0 Å². The maximum Gasteiger partial charge on any atom is 0.266 e. The van der Waals surface area contributed by atoms with Crippen LogP contribution in [0.1, 0.15) is 18.4 Å². The third kappa shape index (κ3) is 4.65. The van der Waals surface area contributed by atoms with Crippen LogP contribution in [0.3, 0.4) is 0 Å². The van der Waals surface area contributed by atoms with E-state index in [1.54, 1.807) is 11.7 Å². The molecule has 1 aromatic carbocycles. The molecule has 4 aromatic rings. The summed E-state index contributed by atoms with van der Waals surface area (Å²) in [6.07, 6.45) is 6.09. The van der Waals surface area contributed by atoms with Gasteiger partial charge in [-0.15, -0.1) is 12.4 Å². The first-order valence-electron chi connectivity index (χ1n) is 11.1. The number of aromatic nitrogens is 4. The molecule has 35 heavy (non-hydrogen) atoms. The zero-order valence-corrected chi connectivity index (χ0v) is 19.6. The molecule has 0 saturated carbocycles. The van der Waals surface area contributed by atoms with Crippen molar-refractivity contribution in [3.63, 3.8) is 0 Å². The lowest BCUT2D eigenvalue weighted by molar-refractivity contribution is -0.136. The number of hydroxylamine groups is 1. The van der Waals surface area contributed by atoms with E-state index >= 15 is 0 Å². The molecule has 0 spiro atoms. The van der Waals surface area contributed by atoms with Crippen LogP contribution in [0.15, 0.2) is 49.1 Å². The summed E-state index contributed by atoms with van der Waals surface area (Å²) in [5.74, 6) is -0.323. The number of halogens is 1. The second-order valence-corrected chi connectivity index (χ2v) is 8.65. The second-order valence-electron chi connectivity index (χ2n) is 8.65. The monoisotopic (exact) mass is 498 g/mol. The van der Waals surface area contributed by atoms with Crippen LogP contribution in [0, 0.1) is 0 Å². The van der Waals surface area contributed by atoms with E-state index in [-0.39, 0.29) is 18.8 Å². The Kier molecular flexibility index (Phi) is 6.92. The van der Waals surface area contributed by atoms with Crippen molar-refractivity contribution >= 4 is 52.0 Å². The molecule has 1 atom stereocenters. The zero-order chi connectivity index (χ0) is 23.7. The van der Waals surface area contributed by atoms with Crippen molar-refractivity contribution < 1.29 is 14.8 Å². The number of hydrogen-bond donors (Lipinski definition) is 6. The average Bonchev–Trinajstić information content (AvgIpc) is 3.51. The minimum atomic E-state index is -1.14. The topological polar surface area (TPSA) is 165 Å². The molecule has 5 rings (SSSR count). The Labute approximate surface area is 206 Å². The van der Waals surface area contributed by atoms with Crippen molar-refractivity contribution in [2.45, 2.75) is 30.8 Å². The molecule has 4 heterocycles. The number of H-pyrrole nitrogens is 2. The predicted molar refractivity (Wildman–Crippen MR) is 133 cm³/mol. The highest BCUT2D eigenvalue weighted by Gasteiger charge is 2.40. The van der Waals surface area contributed by atoms with Crippen molar-refractivity contribution in [2.75, 3.05) is 18.0 Å². The summed E-state index contributed by atoms with van der Waals surface area (Å²) >= 11 is 0. The first kappa shape index (κ1) is 24.5. The lowest BCUT2D eigenvalue weighted by atomic mass is 9.87. The van der Waals surface area contributed by atoms with Gasteiger partial charge in [0.25, 0.3) is 5.91 Å². The average molecular weight is 499 g/mol. The van der Waals surface area contributed by atoms with E-state index in [1.165, 1.54) is 6.33 Å². The van der Waals surface area contributed by atoms with E-state index in [2.05, 4.69) is 30.2 Å². The number of anilines is 1. The molecule has 184 valence electrons. The van der Waals surface area contributed by atoms with Crippen molar-refractivity contribution in [1.29, 1.82) is 0 Å². The van der Waals surface area contributed by atoms with Crippen LogP contribution in [-0.4, -0.2) is 61.6 Å². The fourth-order valence-electron chi connectivity index (χ4n) is 4.56. The Hall–Kier alpha value is -3.67. The molecule has 0 radical (unpaired) electrons. The molecule has 1 aliphatic heterocycles. The number of carbonyl (C=O) groups is 2. The Morgan fingerprint density at radius 2 is 1.91 bits per heavy atom. The van der Waals surface area contributed by atoms with E-state index in [1.807, 2.05) is 36.5 Å². The minimum Gasteiger partial charge on any atom is -0.361 e. The lowest BCUT2D eigenvalue weighted by Crippen LogP contribution is -2.62. The number of benzene rings is 1. The van der Waals surface area contributed by atoms with Gasteiger partial charge in [-0.3, -0.25) is 14.8 Å². The number of nitrogens with two attached hydrogens (primary N) is 1. The molecule has 0 aliphatic carbocycles. The van der Waals surface area contributed by atoms with Gasteiger partial charge in [-0.2, -0.15) is 0 Å². The molecule has 0 bridgehead atoms. The SMILES string of the molecule is Cl.NC1(C(=O)N[C@@H](Cc2c[nH]c3ccccc23)C(=O)NO)CCN(c2ncnc3[nH]ccc23)CC1. The summed E-state index contributed by atoms with van der Waals surface area (Å²) in [4.78, 5) is 42.5. The van der Waals surface area contributed by atoms with Gasteiger partial charge in [0.1, 0.15) is 23.8 Å². The number of nitrogens with one attached hydrogen (secondary N) is 4. The minimum absolute atomic E-state index is 0. The highest BCUT2D eigenvalue weighted by molar-refractivity contribution is 5.93. The summed E-state index contributed by atoms with van der Waals surface area (Å²) in [5, 5.41) is 13.9. The van der Waals surface area contributed by atoms with Gasteiger partial charge in [-0.1, -0.05) is 18.2 Å². The van der Waals surface area contributed by atoms with Crippen LogP contribution < -0.4 is 21.4 Å². The van der Waals surface area contributed by atoms with Gasteiger partial charge in [-0.25, -0.2) is 15.4 Å². The Balaban J connectivity index is 0.00000289. The molecule has 2 amide bonds. The van der Waals surface area contributed by atoms with E-state index < -0.39 is 23.4 Å². The van der Waals surface area contributed by atoms with Gasteiger partial charge in [0.15, 0.2) is 0 Å². The summed E-state index contributed by atoms with van der Waals surface area (Å²) in [7, 11) is 0. The maximum absolute atomic E-state index is 13.2. The van der Waals surface area contributed by atoms with E-state index in [0.29, 0.717) is 25.9 Å². The number of fused-ring (bicyclic) bond motifs is 2. The number of amides is 2. The molecule has 7 N–H and O–H groups in total. The molecule has 12 heteroatoms. The number of rotatable bonds is 6. The maximum atomic E-state index is 13.2. The molecule has 1 fully saturated rings. The van der Waals surface area contributed by atoms with Gasteiger partial charge in [0, 0.05) is 42.8 Å². The van der Waals surface area contributed by atoms with Crippen molar-refractivity contribution in [3.8, 4) is 0 Å². The quantitative estimate of drug-likeness (QED) is 0.172. The number of aromatic amines is 2. The number of piperidine rings is 1. The van der Waals surface area contributed by atoms with E-state index in [0.717, 1.165) is 33.3 Å². The van der Waals surface area contributed by atoms with Gasteiger partial charge in [-0.05, 0) is 30.5 Å². The van der Waals surface area contributed by atoms with Gasteiger partial charge in [0.2, 0.25) is 5.91 Å². The fourth-order valence-corrected chi connectivity index (χ4v) is 4.56. The smallest absolute Gasteiger partial charge is 0.266 e. The predicted octanol–water partition coefficient (Wildman–Crippen LogP) is 1.39. The lowest BCUT2D eigenvalue weighted by Gasteiger charge is -2.39. The standard InChI is InChI=1S/C23H26N8O3.ClH/c24-23(6-9-31(10-7-23)20-16-5-8-25-19(16)27-13-28-20)22(33)29-18(21(32)30-34)11-14-12-26-17-4-2-1-3-15(14)17;/h1-5,8,12-13,18,26,34H,6-7,9-11,24H2,(H,29,33)(H,30,32)(H,25,27,28);1H/t18-;/m0./s1. The molecule has 3 aromatic heterocycles. The van der Waals surface area contributed by atoms with Crippen molar-refractivity contribution in [1.82, 2.24) is 30.7 Å². The van der Waals surface area contributed by atoms with Crippen LogP contribution in [0.4, 0.5) is 5.82 Å². The highest BCUT2D eigenvalue weighted by Crippen LogP contribution is 2.28. The zero-order valence-electron chi connectivity index (χ0n) is 18.8. The Morgan fingerprint density at radius 1 is 1.14 bits per heavy atom. The molecule has 1 aliphatic rings. The molecule has 0 unspecified atom stereocenters. The molecular weight excluding hydrogens is 472 g/mol. The largest absolute Gasteiger partial charge is 0.361 e. The molecule has 11 nitrogen and oxygen atoms in total. The normalized spacial score (nSPS) is 16.0. The number of hydrogen-bond acceptors (Lipinski definition) is 7. The highest BCUT2D eigenvalue weighted by atomic mass is 35.5. The molecule has 1 saturated heterocycles. The fraction of sp³-hybridized carbons (Fsp3) is 0.304. The van der Waals surface area contributed by atoms with Crippen LogP contribution in [0.25, 0.3) is 21.9 Å². The van der Waals surface area contributed by atoms with Crippen molar-refractivity contribution in [3.05, 3.63) is 54.6 Å². The number of para-hydroxylation sites is 1. The van der Waals surface area contributed by atoms with Crippen molar-refractivity contribution in [2.24, 2.45) is 5.73 Å². The van der Waals surface area contributed by atoms with Gasteiger partial charge in [0.05, 0.1) is 10.9 Å². The van der Waals surface area contributed by atoms with Crippen LogP contribution in [-0.2, 0) is 16.0 Å². The third-order valence-electron chi connectivity index (χ3n) is 6.57. The summed E-state index contributed by atoms with van der Waals surface area (Å²) < 4.78 is 0. The summed E-state index contributed by atoms with van der Waals surface area (Å²) in [6, 6.07) is 8.63. The number of carbonyl (C=O) groups excluding carboxylic acids is 2. The van der Waals surface area contributed by atoms with Gasteiger partial charge < -0.3 is 25.9 Å². The second kappa shape index (κ2) is 9.90. The van der Waals surface area contributed by atoms with Crippen LogP contribution in [0.5, 0.6) is 0 Å².